The van der Waals surface area contributed by atoms with Gasteiger partial charge in [-0.05, 0) is 51.0 Å². The van der Waals surface area contributed by atoms with Gasteiger partial charge < -0.3 is 14.6 Å². The van der Waals surface area contributed by atoms with Gasteiger partial charge in [-0.2, -0.15) is 5.26 Å². The molecule has 3 aliphatic rings. The van der Waals surface area contributed by atoms with E-state index in [4.69, 9.17) is 9.47 Å². The smallest absolute Gasteiger partial charge is 0.247 e. The summed E-state index contributed by atoms with van der Waals surface area (Å²) in [6, 6.07) is 15.2. The first-order valence-corrected chi connectivity index (χ1v) is 10.8. The second-order valence-electron chi connectivity index (χ2n) is 9.32. The number of carbonyl (C=O) groups excluding carboxylic acids is 1. The second-order valence-corrected chi connectivity index (χ2v) is 9.32. The average molecular weight is 431 g/mol. The molecule has 7 heteroatoms. The van der Waals surface area contributed by atoms with Gasteiger partial charge >= 0.3 is 0 Å². The third-order valence-electron chi connectivity index (χ3n) is 6.42. The first-order valence-electron chi connectivity index (χ1n) is 10.8. The van der Waals surface area contributed by atoms with Crippen molar-refractivity contribution in [1.29, 1.82) is 5.26 Å². The van der Waals surface area contributed by atoms with Crippen molar-refractivity contribution in [2.75, 3.05) is 0 Å². The monoisotopic (exact) mass is 431 g/mol. The van der Waals surface area contributed by atoms with Crippen LogP contribution in [-0.2, 0) is 16.1 Å². The van der Waals surface area contributed by atoms with Crippen LogP contribution in [0.2, 0.25) is 0 Å². The maximum atomic E-state index is 12.8. The molecule has 1 saturated carbocycles. The minimum Gasteiger partial charge on any atom is -0.485 e. The van der Waals surface area contributed by atoms with Gasteiger partial charge in [0.1, 0.15) is 17.5 Å². The fourth-order valence-corrected chi connectivity index (χ4v) is 4.34. The van der Waals surface area contributed by atoms with Crippen molar-refractivity contribution in [1.82, 2.24) is 5.01 Å². The van der Waals surface area contributed by atoms with Crippen LogP contribution in [0.25, 0.3) is 0 Å². The number of aliphatic hydroxyl groups is 1. The van der Waals surface area contributed by atoms with E-state index in [2.05, 4.69) is 11.2 Å². The lowest BCUT2D eigenvalue weighted by atomic mass is 9.87. The highest BCUT2D eigenvalue weighted by atomic mass is 16.5. The van der Waals surface area contributed by atoms with E-state index in [1.165, 1.54) is 5.01 Å². The zero-order chi connectivity index (χ0) is 22.6. The van der Waals surface area contributed by atoms with E-state index in [-0.39, 0.29) is 17.7 Å². The molecule has 7 nitrogen and oxygen atoms in total. The first-order chi connectivity index (χ1) is 15.3. The number of aryl methyl sites for hydroxylation is 1. The van der Waals surface area contributed by atoms with E-state index in [0.29, 0.717) is 35.7 Å². The van der Waals surface area contributed by atoms with Crippen LogP contribution in [0.5, 0.6) is 5.75 Å². The molecule has 2 aromatic carbocycles. The molecular formula is C25H25N3O4. The van der Waals surface area contributed by atoms with Crippen molar-refractivity contribution >= 4 is 11.8 Å². The van der Waals surface area contributed by atoms with E-state index >= 15 is 0 Å². The average Bonchev–Trinajstić information content (AvgIpc) is 3.57. The van der Waals surface area contributed by atoms with Crippen LogP contribution < -0.4 is 4.74 Å². The molecule has 2 heterocycles. The fourth-order valence-electron chi connectivity index (χ4n) is 4.34. The number of nitrogens with zero attached hydrogens (tertiary/aromatic N) is 3. The molecule has 5 rings (SSSR count). The molecule has 0 aromatic heterocycles. The summed E-state index contributed by atoms with van der Waals surface area (Å²) in [5.74, 6) is 0.820. The Kier molecular flexibility index (Phi) is 4.72. The van der Waals surface area contributed by atoms with Gasteiger partial charge in [-0.15, -0.1) is 5.10 Å². The highest BCUT2D eigenvalue weighted by molar-refractivity contribution is 5.96. The first kappa shape index (κ1) is 20.5. The third-order valence-corrected chi connectivity index (χ3v) is 6.42. The summed E-state index contributed by atoms with van der Waals surface area (Å²) in [5, 5.41) is 26.4. The summed E-state index contributed by atoms with van der Waals surface area (Å²) >= 11 is 0. The van der Waals surface area contributed by atoms with Crippen LogP contribution in [0.3, 0.4) is 0 Å². The number of fused-ring (bicyclic) bond motifs is 2. The number of rotatable bonds is 3. The molecule has 0 saturated heterocycles. The Morgan fingerprint density at radius 3 is 2.72 bits per heavy atom. The van der Waals surface area contributed by atoms with Crippen molar-refractivity contribution in [2.24, 2.45) is 16.9 Å². The summed E-state index contributed by atoms with van der Waals surface area (Å²) in [4.78, 5) is 12.8. The third kappa shape index (κ3) is 3.51. The normalized spacial score (nSPS) is 27.4. The molecular weight excluding hydrogens is 406 g/mol. The maximum absolute atomic E-state index is 12.8. The molecule has 0 unspecified atom stereocenters. The van der Waals surface area contributed by atoms with Gasteiger partial charge in [-0.1, -0.05) is 29.8 Å². The van der Waals surface area contributed by atoms with Crippen molar-refractivity contribution in [2.45, 2.75) is 51.5 Å². The molecule has 1 aliphatic carbocycles. The number of carbonyl (C=O) groups is 1. The Balaban J connectivity index is 1.46. The molecule has 1 amide bonds. The Hall–Kier alpha value is -3.37. The fraction of sp³-hybridized carbons (Fsp3) is 0.400. The molecule has 1 N–H and O–H groups in total. The summed E-state index contributed by atoms with van der Waals surface area (Å²) < 4.78 is 12.3. The summed E-state index contributed by atoms with van der Waals surface area (Å²) in [6.45, 7) is 5.98. The highest BCUT2D eigenvalue weighted by Gasteiger charge is 2.55. The molecule has 2 aliphatic heterocycles. The number of hydrazone groups is 1. The number of nitriles is 1. The van der Waals surface area contributed by atoms with Crippen LogP contribution in [0.1, 0.15) is 48.6 Å². The van der Waals surface area contributed by atoms with Gasteiger partial charge in [0.25, 0.3) is 0 Å². The number of ether oxygens (including phenoxy) is 2. The van der Waals surface area contributed by atoms with Crippen LogP contribution in [-0.4, -0.2) is 33.6 Å². The number of benzene rings is 2. The van der Waals surface area contributed by atoms with Crippen molar-refractivity contribution < 1.29 is 19.4 Å². The van der Waals surface area contributed by atoms with Crippen LogP contribution in [0, 0.1) is 30.1 Å². The van der Waals surface area contributed by atoms with Crippen molar-refractivity contribution in [3.05, 3.63) is 64.7 Å². The summed E-state index contributed by atoms with van der Waals surface area (Å²) in [5.41, 5.74) is 2.32. The van der Waals surface area contributed by atoms with Gasteiger partial charge in [0, 0.05) is 11.5 Å². The van der Waals surface area contributed by atoms with Crippen LogP contribution in [0.4, 0.5) is 0 Å². The van der Waals surface area contributed by atoms with Gasteiger partial charge in [-0.3, -0.25) is 4.79 Å². The Morgan fingerprint density at radius 1 is 1.25 bits per heavy atom. The second kappa shape index (κ2) is 7.35. The molecule has 1 fully saturated rings. The lowest BCUT2D eigenvalue weighted by molar-refractivity contribution is -0.135. The van der Waals surface area contributed by atoms with Crippen LogP contribution >= 0.6 is 0 Å². The van der Waals surface area contributed by atoms with E-state index in [9.17, 15) is 15.2 Å². The maximum Gasteiger partial charge on any atom is 0.247 e. The zero-order valence-corrected chi connectivity index (χ0v) is 18.3. The summed E-state index contributed by atoms with van der Waals surface area (Å²) in [7, 11) is 0. The number of amides is 1. The lowest BCUT2D eigenvalue weighted by Crippen LogP contribution is -2.50. The number of hydrogen-bond acceptors (Lipinski definition) is 6. The quantitative estimate of drug-likeness (QED) is 0.803. The lowest BCUT2D eigenvalue weighted by Gasteiger charge is -2.42. The molecule has 2 aromatic rings. The highest BCUT2D eigenvalue weighted by Crippen LogP contribution is 2.48. The Labute approximate surface area is 186 Å². The number of aliphatic hydroxyl groups excluding tert-OH is 1. The largest absolute Gasteiger partial charge is 0.485 e. The van der Waals surface area contributed by atoms with E-state index in [0.717, 1.165) is 11.1 Å². The zero-order valence-electron chi connectivity index (χ0n) is 18.3. The molecule has 0 spiro atoms. The Morgan fingerprint density at radius 2 is 2.00 bits per heavy atom. The standard InChI is InChI=1S/C25H25N3O4/c1-14-4-6-15(7-5-14)13-28-24(30)18-11-17(18)23(27-28)31-21-19-10-16(12-26)8-9-20(19)32-25(2,3)22(21)29/h4-10,17-18,21-22,29H,11,13H2,1-3H3/t17-,18+,21-,22+/m1/s1. The minimum absolute atomic E-state index is 0.00273. The van der Waals surface area contributed by atoms with E-state index < -0.39 is 17.8 Å². The Bertz CT molecular complexity index is 1150. The van der Waals surface area contributed by atoms with Crippen molar-refractivity contribution in [3.8, 4) is 11.8 Å². The minimum atomic E-state index is -0.980. The predicted octanol–water partition coefficient (Wildman–Crippen LogP) is 3.45. The predicted molar refractivity (Wildman–Crippen MR) is 116 cm³/mol. The molecule has 164 valence electrons. The molecule has 0 radical (unpaired) electrons. The topological polar surface area (TPSA) is 95.2 Å². The number of hydrogen-bond donors (Lipinski definition) is 1. The van der Waals surface area contributed by atoms with E-state index in [1.54, 1.807) is 32.0 Å². The molecule has 0 bridgehead atoms. The van der Waals surface area contributed by atoms with Crippen molar-refractivity contribution in [3.63, 3.8) is 0 Å². The SMILES string of the molecule is Cc1ccc(CN2N=C(O[C@@H]3c4cc(C#N)ccc4OC(C)(C)[C@H]3O)[C@@H]3C[C@@H]3C2=O)cc1. The van der Waals surface area contributed by atoms with E-state index in [1.807, 2.05) is 31.2 Å². The molecule has 4 atom stereocenters. The van der Waals surface area contributed by atoms with Gasteiger partial charge in [0.2, 0.25) is 11.8 Å². The van der Waals surface area contributed by atoms with Gasteiger partial charge in [-0.25, -0.2) is 5.01 Å². The molecule has 32 heavy (non-hydrogen) atoms. The van der Waals surface area contributed by atoms with Gasteiger partial charge in [0.15, 0.2) is 6.10 Å². The summed E-state index contributed by atoms with van der Waals surface area (Å²) in [6.07, 6.45) is -1.04. The van der Waals surface area contributed by atoms with Crippen LogP contribution in [0.15, 0.2) is 47.6 Å². The van der Waals surface area contributed by atoms with Gasteiger partial charge in [0.05, 0.1) is 24.1 Å².